The molecule has 0 spiro atoms. The summed E-state index contributed by atoms with van der Waals surface area (Å²) in [6.45, 7) is 2.01. The van der Waals surface area contributed by atoms with Crippen LogP contribution in [0, 0.1) is 0 Å². The number of hydrogen-bond donors (Lipinski definition) is 1. The predicted molar refractivity (Wildman–Crippen MR) is 67.0 cm³/mol. The Hall–Kier alpha value is -1.91. The molecule has 1 aromatic rings. The van der Waals surface area contributed by atoms with Crippen molar-refractivity contribution in [3.05, 3.63) is 39.2 Å². The average molecular weight is 270 g/mol. The van der Waals surface area contributed by atoms with Crippen LogP contribution in [0.1, 0.15) is 18.4 Å². The first-order valence-electron chi connectivity index (χ1n) is 5.22. The molecule has 0 radical (unpaired) electrons. The van der Waals surface area contributed by atoms with Gasteiger partial charge in [-0.1, -0.05) is 22.8 Å². The Morgan fingerprint density at radius 1 is 1.67 bits per heavy atom. The van der Waals surface area contributed by atoms with Crippen molar-refractivity contribution in [3.8, 4) is 5.75 Å². The van der Waals surface area contributed by atoms with Gasteiger partial charge in [0.25, 0.3) is 0 Å². The molecule has 0 aliphatic carbocycles. The Balaban J connectivity index is 2.73. The molecule has 1 rings (SSSR count). The van der Waals surface area contributed by atoms with E-state index in [4.69, 9.17) is 27.0 Å². The number of carboxylic acids is 1. The van der Waals surface area contributed by atoms with Crippen molar-refractivity contribution in [3.63, 3.8) is 0 Å². The number of nitrogens with zero attached hydrogens (tertiary/aromatic N) is 3. The summed E-state index contributed by atoms with van der Waals surface area (Å²) >= 11 is 5.97. The molecule has 0 heterocycles. The summed E-state index contributed by atoms with van der Waals surface area (Å²) in [5.74, 6) is -1.10. The van der Waals surface area contributed by atoms with Crippen molar-refractivity contribution in [1.29, 1.82) is 0 Å². The molecule has 0 bridgehead atoms. The van der Waals surface area contributed by atoms with Crippen molar-refractivity contribution in [1.82, 2.24) is 0 Å². The second kappa shape index (κ2) is 6.74. The van der Waals surface area contributed by atoms with Gasteiger partial charge in [-0.3, -0.25) is 4.79 Å². The maximum absolute atomic E-state index is 10.8. The summed E-state index contributed by atoms with van der Waals surface area (Å²) in [4.78, 5) is 13.4. The number of ether oxygens (including phenoxy) is 1. The topological polar surface area (TPSA) is 95.3 Å². The molecule has 0 amide bonds. The molecule has 0 aliphatic rings. The highest BCUT2D eigenvalue weighted by Crippen LogP contribution is 2.28. The highest BCUT2D eigenvalue weighted by Gasteiger charge is 2.15. The lowest BCUT2D eigenvalue weighted by Gasteiger charge is -2.10. The van der Waals surface area contributed by atoms with E-state index in [0.29, 0.717) is 16.3 Å². The molecular formula is C11H12ClN3O3. The zero-order valence-electron chi connectivity index (χ0n) is 9.71. The van der Waals surface area contributed by atoms with Crippen LogP contribution in [0.4, 0.5) is 0 Å². The molecule has 7 heteroatoms. The number of hydrogen-bond acceptors (Lipinski definition) is 3. The van der Waals surface area contributed by atoms with Gasteiger partial charge in [0.05, 0.1) is 24.1 Å². The van der Waals surface area contributed by atoms with Crippen LogP contribution in [0.15, 0.2) is 23.3 Å². The zero-order chi connectivity index (χ0) is 13.5. The molecule has 0 saturated carbocycles. The summed E-state index contributed by atoms with van der Waals surface area (Å²) < 4.78 is 5.29. The number of rotatable bonds is 6. The fraction of sp³-hybridized carbons (Fsp3) is 0.364. The maximum atomic E-state index is 10.8. The minimum atomic E-state index is -0.914. The molecule has 6 nitrogen and oxygen atoms in total. The van der Waals surface area contributed by atoms with Crippen LogP contribution in [0.25, 0.3) is 10.4 Å². The van der Waals surface area contributed by atoms with E-state index in [1.54, 1.807) is 25.1 Å². The van der Waals surface area contributed by atoms with E-state index in [2.05, 4.69) is 10.0 Å². The van der Waals surface area contributed by atoms with Gasteiger partial charge in [0.2, 0.25) is 0 Å². The first kappa shape index (κ1) is 14.2. The van der Waals surface area contributed by atoms with E-state index in [0.717, 1.165) is 0 Å². The fourth-order valence-corrected chi connectivity index (χ4v) is 1.53. The molecule has 96 valence electrons. The van der Waals surface area contributed by atoms with Crippen molar-refractivity contribution < 1.29 is 14.6 Å². The molecule has 0 fully saturated rings. The third-order valence-electron chi connectivity index (χ3n) is 2.34. The van der Waals surface area contributed by atoms with Crippen LogP contribution >= 0.6 is 11.6 Å². The number of azide groups is 1. The largest absolute Gasteiger partial charge is 0.492 e. The van der Waals surface area contributed by atoms with E-state index in [1.807, 2.05) is 0 Å². The Morgan fingerprint density at radius 2 is 2.39 bits per heavy atom. The van der Waals surface area contributed by atoms with Crippen molar-refractivity contribution in [2.75, 3.05) is 13.2 Å². The van der Waals surface area contributed by atoms with Crippen LogP contribution in [-0.2, 0) is 4.79 Å². The highest BCUT2D eigenvalue weighted by atomic mass is 35.5. The fourth-order valence-electron chi connectivity index (χ4n) is 1.29. The summed E-state index contributed by atoms with van der Waals surface area (Å²) in [7, 11) is 0. The van der Waals surface area contributed by atoms with Crippen molar-refractivity contribution >= 4 is 17.6 Å². The Morgan fingerprint density at radius 3 is 2.94 bits per heavy atom. The molecule has 0 saturated heterocycles. The van der Waals surface area contributed by atoms with Crippen LogP contribution in [0.2, 0.25) is 5.02 Å². The molecule has 0 aliphatic heterocycles. The van der Waals surface area contributed by atoms with Gasteiger partial charge in [-0.2, -0.15) is 0 Å². The standard InChI is InChI=1S/C11H12ClN3O3/c1-7(11(16)17)8-2-3-10(9(12)6-8)18-5-4-14-15-13/h2-3,6-7H,4-5H2,1H3,(H,16,17). The monoisotopic (exact) mass is 269 g/mol. The maximum Gasteiger partial charge on any atom is 0.310 e. The summed E-state index contributed by atoms with van der Waals surface area (Å²) in [6, 6.07) is 4.81. The number of carbonyl (C=O) groups is 1. The van der Waals surface area contributed by atoms with Gasteiger partial charge < -0.3 is 9.84 Å². The second-order valence-corrected chi connectivity index (χ2v) is 3.96. The summed E-state index contributed by atoms with van der Waals surface area (Å²) in [5, 5.41) is 12.5. The quantitative estimate of drug-likeness (QED) is 0.372. The van der Waals surface area contributed by atoms with Gasteiger partial charge in [-0.15, -0.1) is 0 Å². The van der Waals surface area contributed by atoms with E-state index < -0.39 is 11.9 Å². The first-order valence-corrected chi connectivity index (χ1v) is 5.60. The van der Waals surface area contributed by atoms with Crippen LogP contribution < -0.4 is 4.74 Å². The minimum Gasteiger partial charge on any atom is -0.492 e. The normalized spacial score (nSPS) is 11.4. The minimum absolute atomic E-state index is 0.208. The first-order chi connectivity index (χ1) is 8.56. The van der Waals surface area contributed by atoms with E-state index >= 15 is 0 Å². The Kier molecular flexibility index (Phi) is 5.30. The molecule has 0 aromatic heterocycles. The predicted octanol–water partition coefficient (Wildman–Crippen LogP) is 3.22. The van der Waals surface area contributed by atoms with Crippen molar-refractivity contribution in [2.45, 2.75) is 12.8 Å². The number of carboxylic acid groups (broad SMARTS) is 1. The Labute approximate surface area is 109 Å². The third-order valence-corrected chi connectivity index (χ3v) is 2.63. The van der Waals surface area contributed by atoms with Crippen molar-refractivity contribution in [2.24, 2.45) is 5.11 Å². The Bertz CT molecular complexity index is 486. The molecular weight excluding hydrogens is 258 g/mol. The number of halogens is 1. The van der Waals surface area contributed by atoms with Gasteiger partial charge in [0, 0.05) is 4.91 Å². The number of benzene rings is 1. The second-order valence-electron chi connectivity index (χ2n) is 3.55. The van der Waals surface area contributed by atoms with Crippen LogP contribution in [-0.4, -0.2) is 24.2 Å². The third kappa shape index (κ3) is 3.84. The zero-order valence-corrected chi connectivity index (χ0v) is 10.5. The van der Waals surface area contributed by atoms with Crippen LogP contribution in [0.5, 0.6) is 5.75 Å². The molecule has 1 N–H and O–H groups in total. The van der Waals surface area contributed by atoms with Crippen LogP contribution in [0.3, 0.4) is 0 Å². The summed E-state index contributed by atoms with van der Waals surface area (Å²) in [5.41, 5.74) is 8.69. The number of aliphatic carboxylic acids is 1. The molecule has 1 aromatic carbocycles. The van der Waals surface area contributed by atoms with E-state index in [-0.39, 0.29) is 13.2 Å². The molecule has 18 heavy (non-hydrogen) atoms. The SMILES string of the molecule is CC(C(=O)O)c1ccc(OCCN=[N+]=[N-])c(Cl)c1. The molecule has 1 unspecified atom stereocenters. The lowest BCUT2D eigenvalue weighted by Crippen LogP contribution is -2.07. The van der Waals surface area contributed by atoms with E-state index in [1.165, 1.54) is 0 Å². The van der Waals surface area contributed by atoms with Gasteiger partial charge >= 0.3 is 5.97 Å². The lowest BCUT2D eigenvalue weighted by molar-refractivity contribution is -0.138. The van der Waals surface area contributed by atoms with Gasteiger partial charge in [-0.05, 0) is 30.2 Å². The average Bonchev–Trinajstić information content (AvgIpc) is 2.35. The smallest absolute Gasteiger partial charge is 0.310 e. The molecule has 1 atom stereocenters. The van der Waals surface area contributed by atoms with E-state index in [9.17, 15) is 4.79 Å². The van der Waals surface area contributed by atoms with Gasteiger partial charge in [0.1, 0.15) is 5.75 Å². The summed E-state index contributed by atoms with van der Waals surface area (Å²) in [6.07, 6.45) is 0. The van der Waals surface area contributed by atoms with Gasteiger partial charge in [0.15, 0.2) is 0 Å². The van der Waals surface area contributed by atoms with Gasteiger partial charge in [-0.25, -0.2) is 0 Å². The lowest BCUT2D eigenvalue weighted by atomic mass is 10.0. The highest BCUT2D eigenvalue weighted by molar-refractivity contribution is 6.32.